The molecule has 0 spiro atoms. The highest BCUT2D eigenvalue weighted by Gasteiger charge is 2.19. The molecule has 1 atom stereocenters. The van der Waals surface area contributed by atoms with Gasteiger partial charge in [-0.15, -0.1) is 0 Å². The predicted molar refractivity (Wildman–Crippen MR) is 50.0 cm³/mol. The summed E-state index contributed by atoms with van der Waals surface area (Å²) in [6.07, 6.45) is 0.784. The summed E-state index contributed by atoms with van der Waals surface area (Å²) in [6, 6.07) is 0. The third kappa shape index (κ3) is 2.19. The largest absolute Gasteiger partial charge is 0.406 e. The Morgan fingerprint density at radius 3 is 3.00 bits per heavy atom. The Kier molecular flexibility index (Phi) is 3.03. The van der Waals surface area contributed by atoms with E-state index in [1.807, 2.05) is 0 Å². The van der Waals surface area contributed by atoms with Gasteiger partial charge in [-0.1, -0.05) is 0 Å². The van der Waals surface area contributed by atoms with Crippen LogP contribution < -0.4 is 5.32 Å². The molecule has 14 heavy (non-hydrogen) atoms. The first kappa shape index (κ1) is 10.5. The lowest BCUT2D eigenvalue weighted by molar-refractivity contribution is -0.388. The Balaban J connectivity index is 2.83. The van der Waals surface area contributed by atoms with E-state index < -0.39 is 11.0 Å². The molecule has 1 aromatic rings. The maximum absolute atomic E-state index is 10.5. The van der Waals surface area contributed by atoms with Crippen LogP contribution in [0.2, 0.25) is 0 Å². The van der Waals surface area contributed by atoms with Crippen molar-refractivity contribution in [3.05, 3.63) is 16.4 Å². The van der Waals surface area contributed by atoms with Crippen LogP contribution in [0.5, 0.6) is 0 Å². The lowest BCUT2D eigenvalue weighted by Gasteiger charge is -2.07. The molecule has 0 saturated heterocycles. The van der Waals surface area contributed by atoms with E-state index in [0.717, 1.165) is 0 Å². The molecule has 1 unspecified atom stereocenters. The van der Waals surface area contributed by atoms with E-state index in [9.17, 15) is 10.1 Å². The molecule has 0 aromatic carbocycles. The van der Waals surface area contributed by atoms with Crippen molar-refractivity contribution in [2.45, 2.75) is 13.0 Å². The van der Waals surface area contributed by atoms with Gasteiger partial charge in [0.1, 0.15) is 0 Å². The second kappa shape index (κ2) is 4.05. The highest BCUT2D eigenvalue weighted by molar-refractivity contribution is 5.51. The minimum absolute atomic E-state index is 0.229. The summed E-state index contributed by atoms with van der Waals surface area (Å²) in [7, 11) is 1.64. The highest BCUT2D eigenvalue weighted by Crippen LogP contribution is 2.20. The summed E-state index contributed by atoms with van der Waals surface area (Å²) in [4.78, 5) is 13.6. The van der Waals surface area contributed by atoms with Gasteiger partial charge in [-0.05, 0) is 16.8 Å². The maximum Gasteiger partial charge on any atom is 0.406 e. The maximum atomic E-state index is 10.5. The van der Waals surface area contributed by atoms with Crippen molar-refractivity contribution in [1.82, 2.24) is 9.55 Å². The van der Waals surface area contributed by atoms with E-state index in [1.54, 1.807) is 14.0 Å². The van der Waals surface area contributed by atoms with Crippen molar-refractivity contribution in [2.75, 3.05) is 11.9 Å². The molecule has 78 valence electrons. The van der Waals surface area contributed by atoms with Crippen molar-refractivity contribution < 1.29 is 10.0 Å². The molecule has 0 aliphatic carbocycles. The second-order valence-corrected chi connectivity index (χ2v) is 3.01. The van der Waals surface area contributed by atoms with Crippen LogP contribution in [0.1, 0.15) is 6.92 Å². The number of nitro groups is 1. The van der Waals surface area contributed by atoms with Crippen molar-refractivity contribution in [3.8, 4) is 0 Å². The van der Waals surface area contributed by atoms with Crippen LogP contribution in [0.3, 0.4) is 0 Å². The molecule has 7 nitrogen and oxygen atoms in total. The van der Waals surface area contributed by atoms with E-state index in [0.29, 0.717) is 5.82 Å². The molecule has 7 heteroatoms. The summed E-state index contributed by atoms with van der Waals surface area (Å²) in [5.41, 5.74) is 0. The third-order valence-electron chi connectivity index (χ3n) is 1.66. The van der Waals surface area contributed by atoms with Crippen LogP contribution in [0.15, 0.2) is 6.33 Å². The standard InChI is InChI=1S/C7H12N4O3/c1-5(12)3-8-6-7(11(13)14)9-4-10(6)2/h4-5,8,12H,3H2,1-2H3. The molecular weight excluding hydrogens is 188 g/mol. The van der Waals surface area contributed by atoms with Gasteiger partial charge >= 0.3 is 5.82 Å². The monoisotopic (exact) mass is 200 g/mol. The van der Waals surface area contributed by atoms with E-state index in [-0.39, 0.29) is 12.4 Å². The van der Waals surface area contributed by atoms with Gasteiger partial charge in [0.15, 0.2) is 0 Å². The highest BCUT2D eigenvalue weighted by atomic mass is 16.6. The first-order valence-electron chi connectivity index (χ1n) is 4.10. The first-order valence-corrected chi connectivity index (χ1v) is 4.10. The van der Waals surface area contributed by atoms with Crippen LogP contribution in [0.4, 0.5) is 11.6 Å². The fourth-order valence-electron chi connectivity index (χ4n) is 1.000. The Labute approximate surface area is 80.5 Å². The predicted octanol–water partition coefficient (Wildman–Crippen LogP) is 0.121. The molecule has 1 rings (SSSR count). The fraction of sp³-hybridized carbons (Fsp3) is 0.571. The molecule has 1 aromatic heterocycles. The number of aliphatic hydroxyl groups excluding tert-OH is 1. The van der Waals surface area contributed by atoms with Crippen LogP contribution in [0, 0.1) is 10.1 Å². The number of aromatic nitrogens is 2. The fourth-order valence-corrected chi connectivity index (χ4v) is 1.000. The quantitative estimate of drug-likeness (QED) is 0.532. The topological polar surface area (TPSA) is 93.2 Å². The Morgan fingerprint density at radius 1 is 1.86 bits per heavy atom. The minimum atomic E-state index is -0.565. The number of aliphatic hydroxyl groups is 1. The average molecular weight is 200 g/mol. The zero-order valence-electron chi connectivity index (χ0n) is 7.97. The van der Waals surface area contributed by atoms with Crippen LogP contribution in [-0.2, 0) is 7.05 Å². The molecule has 0 saturated carbocycles. The smallest absolute Gasteiger partial charge is 0.392 e. The van der Waals surface area contributed by atoms with Crippen LogP contribution >= 0.6 is 0 Å². The second-order valence-electron chi connectivity index (χ2n) is 3.01. The van der Waals surface area contributed by atoms with E-state index in [2.05, 4.69) is 10.3 Å². The molecule has 0 radical (unpaired) electrons. The zero-order valence-corrected chi connectivity index (χ0v) is 7.97. The molecule has 1 heterocycles. The van der Waals surface area contributed by atoms with Gasteiger partial charge in [0.05, 0.1) is 6.10 Å². The van der Waals surface area contributed by atoms with E-state index in [4.69, 9.17) is 5.11 Å². The molecule has 0 amide bonds. The van der Waals surface area contributed by atoms with Gasteiger partial charge in [-0.25, -0.2) is 0 Å². The number of imidazole rings is 1. The van der Waals surface area contributed by atoms with Crippen molar-refractivity contribution in [2.24, 2.45) is 7.05 Å². The molecule has 0 fully saturated rings. The third-order valence-corrected chi connectivity index (χ3v) is 1.66. The van der Waals surface area contributed by atoms with Gasteiger partial charge in [0.25, 0.3) is 0 Å². The normalized spacial score (nSPS) is 12.5. The van der Waals surface area contributed by atoms with E-state index in [1.165, 1.54) is 10.9 Å². The first-order chi connectivity index (χ1) is 6.52. The van der Waals surface area contributed by atoms with Crippen LogP contribution in [-0.4, -0.2) is 32.2 Å². The number of aryl methyl sites for hydroxylation is 1. The average Bonchev–Trinajstić information content (AvgIpc) is 2.43. The van der Waals surface area contributed by atoms with Crippen molar-refractivity contribution >= 4 is 11.6 Å². The van der Waals surface area contributed by atoms with Gasteiger partial charge in [0.2, 0.25) is 12.1 Å². The summed E-state index contributed by atoms with van der Waals surface area (Å²) < 4.78 is 1.50. The number of hydrogen-bond donors (Lipinski definition) is 2. The van der Waals surface area contributed by atoms with Crippen LogP contribution in [0.25, 0.3) is 0 Å². The SMILES string of the molecule is CC(O)CNc1c([N+](=O)[O-])ncn1C. The number of rotatable bonds is 4. The summed E-state index contributed by atoms with van der Waals surface area (Å²) in [6.45, 7) is 1.84. The number of anilines is 1. The van der Waals surface area contributed by atoms with Gasteiger partial charge < -0.3 is 20.5 Å². The molecule has 2 N–H and O–H groups in total. The van der Waals surface area contributed by atoms with Gasteiger partial charge in [-0.3, -0.25) is 4.57 Å². The lowest BCUT2D eigenvalue weighted by Crippen LogP contribution is -2.17. The number of nitrogens with one attached hydrogen (secondary N) is 1. The van der Waals surface area contributed by atoms with E-state index >= 15 is 0 Å². The molecule has 0 bridgehead atoms. The summed E-state index contributed by atoms with van der Waals surface area (Å²) >= 11 is 0. The summed E-state index contributed by atoms with van der Waals surface area (Å²) in [5.74, 6) is 0.0732. The van der Waals surface area contributed by atoms with Gasteiger partial charge in [0, 0.05) is 13.6 Å². The number of nitrogens with zero attached hydrogens (tertiary/aromatic N) is 3. The molecule has 0 aliphatic rings. The Bertz CT molecular complexity index is 334. The Morgan fingerprint density at radius 2 is 2.50 bits per heavy atom. The van der Waals surface area contributed by atoms with Crippen molar-refractivity contribution in [3.63, 3.8) is 0 Å². The van der Waals surface area contributed by atoms with Crippen molar-refractivity contribution in [1.29, 1.82) is 0 Å². The molecule has 0 aliphatic heterocycles. The summed E-state index contributed by atoms with van der Waals surface area (Å²) in [5, 5.41) is 22.3. The minimum Gasteiger partial charge on any atom is -0.392 e. The zero-order chi connectivity index (χ0) is 10.7. The van der Waals surface area contributed by atoms with Gasteiger partial charge in [-0.2, -0.15) is 0 Å². The Hall–Kier alpha value is -1.63. The lowest BCUT2D eigenvalue weighted by atomic mass is 10.4. The number of hydrogen-bond acceptors (Lipinski definition) is 5. The molecular formula is C7H12N4O3.